The van der Waals surface area contributed by atoms with Gasteiger partial charge >= 0.3 is 29.8 Å². The van der Waals surface area contributed by atoms with E-state index in [-0.39, 0.29) is 0 Å². The van der Waals surface area contributed by atoms with Crippen molar-refractivity contribution in [2.24, 2.45) is 0 Å². The number of carbonyl (C=O) groups excluding carboxylic acids is 5. The lowest BCUT2D eigenvalue weighted by Gasteiger charge is -2.47. The first-order chi connectivity index (χ1) is 16.7. The SMILES string of the molecule is CC(=O)O[C@@H]1[C@@H](OC(C)=O)[C@H](C)O[C@@H](O[C@@H]2C(O)O[C@@H](C)[C@H](OC(C)=O)[C@H]2OC(C)=O)[C@@H]1OC(C)=O. The normalized spacial score (nSPS) is 36.2. The first-order valence-electron chi connectivity index (χ1n) is 11.2. The fourth-order valence-electron chi connectivity index (χ4n) is 4.05. The first kappa shape index (κ1) is 29.4. The van der Waals surface area contributed by atoms with Gasteiger partial charge in [-0.1, -0.05) is 0 Å². The summed E-state index contributed by atoms with van der Waals surface area (Å²) in [6.45, 7) is 8.55. The van der Waals surface area contributed by atoms with Gasteiger partial charge in [0.15, 0.2) is 49.2 Å². The Morgan fingerprint density at radius 3 is 1.28 bits per heavy atom. The molecule has 2 aliphatic rings. The fourth-order valence-corrected chi connectivity index (χ4v) is 4.05. The van der Waals surface area contributed by atoms with Crippen molar-refractivity contribution in [1.29, 1.82) is 0 Å². The number of rotatable bonds is 7. The van der Waals surface area contributed by atoms with Crippen LogP contribution in [0.15, 0.2) is 0 Å². The third-order valence-corrected chi connectivity index (χ3v) is 5.27. The molecule has 2 heterocycles. The quantitative estimate of drug-likeness (QED) is 0.335. The molecule has 2 aliphatic heterocycles. The van der Waals surface area contributed by atoms with Crippen LogP contribution in [-0.2, 0) is 61.9 Å². The number of carbonyl (C=O) groups is 5. The van der Waals surface area contributed by atoms with Gasteiger partial charge in [-0.3, -0.25) is 24.0 Å². The smallest absolute Gasteiger partial charge is 0.303 e. The van der Waals surface area contributed by atoms with Gasteiger partial charge in [-0.05, 0) is 13.8 Å². The molecular formula is C22H32O14. The highest BCUT2D eigenvalue weighted by Crippen LogP contribution is 2.34. The molecule has 36 heavy (non-hydrogen) atoms. The molecule has 2 fully saturated rings. The Hall–Kier alpha value is -2.81. The molecule has 2 rings (SSSR count). The summed E-state index contributed by atoms with van der Waals surface area (Å²) in [5.74, 6) is -3.77. The van der Waals surface area contributed by atoms with Crippen molar-refractivity contribution >= 4 is 29.8 Å². The molecule has 0 spiro atoms. The minimum atomic E-state index is -1.70. The van der Waals surface area contributed by atoms with Crippen LogP contribution in [0.2, 0.25) is 0 Å². The maximum absolute atomic E-state index is 11.9. The molecular weight excluding hydrogens is 488 g/mol. The van der Waals surface area contributed by atoms with Crippen molar-refractivity contribution in [3.63, 3.8) is 0 Å². The van der Waals surface area contributed by atoms with E-state index in [0.29, 0.717) is 0 Å². The lowest BCUT2D eigenvalue weighted by atomic mass is 9.97. The second-order valence-corrected chi connectivity index (χ2v) is 8.41. The van der Waals surface area contributed by atoms with Crippen LogP contribution in [0.5, 0.6) is 0 Å². The molecule has 0 aromatic heterocycles. The number of ether oxygens (including phenoxy) is 8. The van der Waals surface area contributed by atoms with Crippen LogP contribution in [0.25, 0.3) is 0 Å². The predicted molar refractivity (Wildman–Crippen MR) is 114 cm³/mol. The molecule has 14 nitrogen and oxygen atoms in total. The Bertz CT molecular complexity index is 843. The van der Waals surface area contributed by atoms with Crippen LogP contribution in [0.4, 0.5) is 0 Å². The van der Waals surface area contributed by atoms with Gasteiger partial charge in [0.05, 0.1) is 12.2 Å². The Kier molecular flexibility index (Phi) is 10.2. The van der Waals surface area contributed by atoms with Crippen molar-refractivity contribution < 1.29 is 67.0 Å². The lowest BCUT2D eigenvalue weighted by Crippen LogP contribution is -2.65. The maximum atomic E-state index is 11.9. The maximum Gasteiger partial charge on any atom is 0.303 e. The Balaban J connectivity index is 2.46. The summed E-state index contributed by atoms with van der Waals surface area (Å²) in [5, 5.41) is 10.6. The zero-order chi connectivity index (χ0) is 27.3. The molecule has 0 aromatic carbocycles. The van der Waals surface area contributed by atoms with E-state index < -0.39 is 91.3 Å². The van der Waals surface area contributed by atoms with E-state index in [4.69, 9.17) is 37.9 Å². The largest absolute Gasteiger partial charge is 0.456 e. The van der Waals surface area contributed by atoms with Crippen molar-refractivity contribution in [3.8, 4) is 0 Å². The standard InChI is InChI=1S/C22H32O14/c1-8-15(31-10(3)23)17(33-12(5)25)19(21(28)29-8)36-22-20(35-14(7)27)18(34-13(6)26)16(9(2)30-22)32-11(4)24/h8-9,15-22,28H,1-7H3/t8-,9-,15-,16-,17+,18+,19-,20+,21?,22-/m0/s1. The predicted octanol–water partition coefficient (Wildman–Crippen LogP) is -0.488. The van der Waals surface area contributed by atoms with Gasteiger partial charge in [0.2, 0.25) is 0 Å². The average Bonchev–Trinajstić information content (AvgIpc) is 2.71. The van der Waals surface area contributed by atoms with Gasteiger partial charge in [-0.2, -0.15) is 0 Å². The van der Waals surface area contributed by atoms with E-state index in [9.17, 15) is 29.1 Å². The average molecular weight is 520 g/mol. The summed E-state index contributed by atoms with van der Waals surface area (Å²) < 4.78 is 43.5. The molecule has 14 heteroatoms. The van der Waals surface area contributed by atoms with Crippen molar-refractivity contribution in [2.75, 3.05) is 0 Å². The number of aliphatic hydroxyl groups is 1. The molecule has 0 radical (unpaired) electrons. The zero-order valence-electron chi connectivity index (χ0n) is 21.0. The van der Waals surface area contributed by atoms with Crippen LogP contribution in [0.1, 0.15) is 48.5 Å². The summed E-state index contributed by atoms with van der Waals surface area (Å²) >= 11 is 0. The highest BCUT2D eigenvalue weighted by atomic mass is 16.8. The molecule has 0 bridgehead atoms. The van der Waals surface area contributed by atoms with Gasteiger partial charge in [0, 0.05) is 34.6 Å². The molecule has 0 amide bonds. The second-order valence-electron chi connectivity index (χ2n) is 8.41. The molecule has 1 unspecified atom stereocenters. The Morgan fingerprint density at radius 2 is 0.861 bits per heavy atom. The molecule has 0 aliphatic carbocycles. The topological polar surface area (TPSA) is 179 Å². The molecule has 10 atom stereocenters. The number of hydrogen-bond acceptors (Lipinski definition) is 14. The molecule has 1 N–H and O–H groups in total. The molecule has 0 aromatic rings. The van der Waals surface area contributed by atoms with Gasteiger partial charge in [-0.15, -0.1) is 0 Å². The van der Waals surface area contributed by atoms with Crippen molar-refractivity contribution in [2.45, 2.75) is 110 Å². The van der Waals surface area contributed by atoms with Gasteiger partial charge in [0.25, 0.3) is 0 Å². The van der Waals surface area contributed by atoms with E-state index in [1.807, 2.05) is 0 Å². The van der Waals surface area contributed by atoms with Gasteiger partial charge < -0.3 is 43.0 Å². The first-order valence-corrected chi connectivity index (χ1v) is 11.2. The molecule has 204 valence electrons. The Morgan fingerprint density at radius 1 is 0.528 bits per heavy atom. The zero-order valence-corrected chi connectivity index (χ0v) is 21.0. The lowest BCUT2D eigenvalue weighted by molar-refractivity contribution is -0.357. The minimum Gasteiger partial charge on any atom is -0.456 e. The summed E-state index contributed by atoms with van der Waals surface area (Å²) in [4.78, 5) is 58.9. The van der Waals surface area contributed by atoms with E-state index in [2.05, 4.69) is 0 Å². The van der Waals surface area contributed by atoms with E-state index in [0.717, 1.165) is 34.6 Å². The van der Waals surface area contributed by atoms with Gasteiger partial charge in [0.1, 0.15) is 0 Å². The monoisotopic (exact) mass is 520 g/mol. The van der Waals surface area contributed by atoms with Crippen molar-refractivity contribution in [1.82, 2.24) is 0 Å². The van der Waals surface area contributed by atoms with E-state index in [1.54, 1.807) is 0 Å². The molecule has 0 saturated carbocycles. The highest BCUT2D eigenvalue weighted by molar-refractivity contribution is 5.69. The van der Waals surface area contributed by atoms with Crippen molar-refractivity contribution in [3.05, 3.63) is 0 Å². The molecule has 2 saturated heterocycles. The second kappa shape index (κ2) is 12.4. The fraction of sp³-hybridized carbons (Fsp3) is 0.773. The summed E-state index contributed by atoms with van der Waals surface area (Å²) in [6, 6.07) is 0. The third kappa shape index (κ3) is 7.59. The Labute approximate surface area is 207 Å². The van der Waals surface area contributed by atoms with E-state index in [1.165, 1.54) is 13.8 Å². The number of hydrogen-bond donors (Lipinski definition) is 1. The van der Waals surface area contributed by atoms with Gasteiger partial charge in [-0.25, -0.2) is 0 Å². The minimum absolute atomic E-state index is 0.706. The van der Waals surface area contributed by atoms with Crippen LogP contribution >= 0.6 is 0 Å². The highest BCUT2D eigenvalue weighted by Gasteiger charge is 2.55. The van der Waals surface area contributed by atoms with Crippen LogP contribution < -0.4 is 0 Å². The van der Waals surface area contributed by atoms with Crippen LogP contribution in [-0.4, -0.2) is 96.4 Å². The summed E-state index contributed by atoms with van der Waals surface area (Å²) in [7, 11) is 0. The van der Waals surface area contributed by atoms with Crippen LogP contribution in [0, 0.1) is 0 Å². The van der Waals surface area contributed by atoms with Crippen LogP contribution in [0.3, 0.4) is 0 Å². The summed E-state index contributed by atoms with van der Waals surface area (Å²) in [5.41, 5.74) is 0. The third-order valence-electron chi connectivity index (χ3n) is 5.27. The van der Waals surface area contributed by atoms with E-state index >= 15 is 0 Å². The summed E-state index contributed by atoms with van der Waals surface area (Å²) in [6.07, 6.45) is -13.2. The number of aliphatic hydroxyl groups excluding tert-OH is 1. The number of esters is 5.